The summed E-state index contributed by atoms with van der Waals surface area (Å²) in [6, 6.07) is 11.3. The molecule has 150 valence electrons. The summed E-state index contributed by atoms with van der Waals surface area (Å²) in [7, 11) is 3.99. The summed E-state index contributed by atoms with van der Waals surface area (Å²) in [5, 5.41) is 27.3. The highest BCUT2D eigenvalue weighted by molar-refractivity contribution is 5.73. The second-order valence-corrected chi connectivity index (χ2v) is 8.29. The summed E-state index contributed by atoms with van der Waals surface area (Å²) in [5.41, 5.74) is 3.24. The van der Waals surface area contributed by atoms with Crippen molar-refractivity contribution in [1.82, 2.24) is 25.3 Å². The van der Waals surface area contributed by atoms with Crippen LogP contribution >= 0.6 is 0 Å². The molecule has 2 N–H and O–H groups in total. The van der Waals surface area contributed by atoms with Crippen LogP contribution in [0.25, 0.3) is 22.4 Å². The van der Waals surface area contributed by atoms with E-state index in [0.717, 1.165) is 29.8 Å². The number of nitrogens with one attached hydrogen (secondary N) is 1. The quantitative estimate of drug-likeness (QED) is 0.713. The minimum atomic E-state index is 0.191. The number of phenolic OH excluding ortho intramolecular Hbond substituents is 1. The molecule has 1 unspecified atom stereocenters. The lowest BCUT2D eigenvalue weighted by atomic mass is 9.98. The molecule has 1 aromatic carbocycles. The summed E-state index contributed by atoms with van der Waals surface area (Å²) in [6.07, 6.45) is 8.60. The monoisotopic (exact) mass is 390 g/mol. The van der Waals surface area contributed by atoms with Gasteiger partial charge < -0.3 is 15.3 Å². The van der Waals surface area contributed by atoms with Crippen LogP contribution in [-0.4, -0.2) is 50.3 Å². The smallest absolute Gasteiger partial charge is 0.151 e. The molecule has 4 heterocycles. The topological polar surface area (TPSA) is 79.1 Å². The molecule has 3 atom stereocenters. The Bertz CT molecular complexity index is 1000. The number of aromatic hydroxyl groups is 1. The van der Waals surface area contributed by atoms with Gasteiger partial charge in [0.15, 0.2) is 5.82 Å². The van der Waals surface area contributed by atoms with Gasteiger partial charge in [-0.15, -0.1) is 10.2 Å². The van der Waals surface area contributed by atoms with Gasteiger partial charge in [0.1, 0.15) is 5.75 Å². The van der Waals surface area contributed by atoms with Gasteiger partial charge in [0.25, 0.3) is 0 Å². The Labute approximate surface area is 170 Å². The first-order valence-corrected chi connectivity index (χ1v) is 10.2. The molecule has 3 aromatic rings. The second-order valence-electron chi connectivity index (χ2n) is 8.29. The van der Waals surface area contributed by atoms with E-state index in [2.05, 4.69) is 32.6 Å². The lowest BCUT2D eigenvalue weighted by molar-refractivity contribution is 0.353. The van der Waals surface area contributed by atoms with Crippen molar-refractivity contribution in [3.05, 3.63) is 42.7 Å². The van der Waals surface area contributed by atoms with E-state index in [1.54, 1.807) is 16.9 Å². The minimum Gasteiger partial charge on any atom is -0.507 e. The number of phenols is 1. The van der Waals surface area contributed by atoms with Crippen LogP contribution in [0.4, 0.5) is 5.82 Å². The van der Waals surface area contributed by atoms with Gasteiger partial charge >= 0.3 is 0 Å². The van der Waals surface area contributed by atoms with Crippen LogP contribution in [0.1, 0.15) is 25.7 Å². The Morgan fingerprint density at radius 2 is 1.86 bits per heavy atom. The molecule has 2 aliphatic rings. The molecule has 29 heavy (non-hydrogen) atoms. The Hall–Kier alpha value is -2.93. The van der Waals surface area contributed by atoms with Crippen LogP contribution in [-0.2, 0) is 7.05 Å². The van der Waals surface area contributed by atoms with Gasteiger partial charge in [-0.25, -0.2) is 0 Å². The van der Waals surface area contributed by atoms with Crippen molar-refractivity contribution in [3.8, 4) is 28.1 Å². The van der Waals surface area contributed by atoms with E-state index in [1.165, 1.54) is 12.8 Å². The fraction of sp³-hybridized carbons (Fsp3) is 0.409. The maximum Gasteiger partial charge on any atom is 0.151 e. The van der Waals surface area contributed by atoms with E-state index in [4.69, 9.17) is 0 Å². The largest absolute Gasteiger partial charge is 0.507 e. The summed E-state index contributed by atoms with van der Waals surface area (Å²) < 4.78 is 1.74. The highest BCUT2D eigenvalue weighted by atomic mass is 16.3. The highest BCUT2D eigenvalue weighted by Crippen LogP contribution is 2.34. The number of hydrogen-bond donors (Lipinski definition) is 2. The molecule has 5 rings (SSSR count). The minimum absolute atomic E-state index is 0.191. The Morgan fingerprint density at radius 3 is 2.48 bits per heavy atom. The first-order valence-electron chi connectivity index (χ1n) is 10.2. The molecule has 0 amide bonds. The van der Waals surface area contributed by atoms with Crippen LogP contribution in [0.15, 0.2) is 42.7 Å². The number of anilines is 1. The first kappa shape index (κ1) is 18.1. The fourth-order valence-corrected chi connectivity index (χ4v) is 4.69. The molecule has 0 radical (unpaired) electrons. The maximum atomic E-state index is 10.5. The van der Waals surface area contributed by atoms with E-state index in [1.807, 2.05) is 37.5 Å². The third-order valence-corrected chi connectivity index (χ3v) is 6.32. The van der Waals surface area contributed by atoms with E-state index in [0.29, 0.717) is 29.4 Å². The van der Waals surface area contributed by atoms with Crippen molar-refractivity contribution in [2.24, 2.45) is 7.05 Å². The van der Waals surface area contributed by atoms with Crippen LogP contribution in [0, 0.1) is 0 Å². The zero-order valence-electron chi connectivity index (χ0n) is 16.8. The van der Waals surface area contributed by atoms with Crippen molar-refractivity contribution in [3.63, 3.8) is 0 Å². The zero-order chi connectivity index (χ0) is 20.0. The normalized spacial score (nSPS) is 23.3. The number of fused-ring (bicyclic) bond motifs is 2. The number of aromatic nitrogens is 4. The molecular weight excluding hydrogens is 364 g/mol. The average Bonchev–Trinajstić information content (AvgIpc) is 3.32. The number of aryl methyl sites for hydroxylation is 1. The molecule has 0 aliphatic carbocycles. The SMILES string of the molecule is CN(c1ccc(-c2ccc(-c3cnn(C)c3)cc2O)nn1)[C@@H]1CC2CC[C@@H](C1)N2. The van der Waals surface area contributed by atoms with Gasteiger partial charge in [-0.1, -0.05) is 6.07 Å². The molecule has 7 nitrogen and oxygen atoms in total. The lowest BCUT2D eigenvalue weighted by Crippen LogP contribution is -2.47. The number of hydrogen-bond acceptors (Lipinski definition) is 6. The van der Waals surface area contributed by atoms with Gasteiger partial charge in [0.2, 0.25) is 0 Å². The van der Waals surface area contributed by atoms with Crippen molar-refractivity contribution < 1.29 is 5.11 Å². The van der Waals surface area contributed by atoms with Gasteiger partial charge in [-0.05, 0) is 55.5 Å². The second kappa shape index (κ2) is 7.15. The third kappa shape index (κ3) is 3.46. The average molecular weight is 390 g/mol. The van der Waals surface area contributed by atoms with Crippen LogP contribution < -0.4 is 10.2 Å². The van der Waals surface area contributed by atoms with Gasteiger partial charge in [0.05, 0.1) is 11.9 Å². The van der Waals surface area contributed by atoms with Crippen molar-refractivity contribution >= 4 is 5.82 Å². The maximum absolute atomic E-state index is 10.5. The van der Waals surface area contributed by atoms with Gasteiger partial charge in [0, 0.05) is 49.5 Å². The predicted octanol–water partition coefficient (Wildman–Crippen LogP) is 2.97. The highest BCUT2D eigenvalue weighted by Gasteiger charge is 2.35. The Morgan fingerprint density at radius 1 is 1.07 bits per heavy atom. The third-order valence-electron chi connectivity index (χ3n) is 6.32. The molecule has 2 saturated heterocycles. The Kier molecular flexibility index (Phi) is 4.47. The summed E-state index contributed by atoms with van der Waals surface area (Å²) in [6.45, 7) is 0. The summed E-state index contributed by atoms with van der Waals surface area (Å²) >= 11 is 0. The molecule has 0 saturated carbocycles. The van der Waals surface area contributed by atoms with Crippen molar-refractivity contribution in [2.75, 3.05) is 11.9 Å². The van der Waals surface area contributed by atoms with Crippen LogP contribution in [0.2, 0.25) is 0 Å². The number of rotatable bonds is 4. The zero-order valence-corrected chi connectivity index (χ0v) is 16.8. The van der Waals surface area contributed by atoms with E-state index in [-0.39, 0.29) is 5.75 Å². The molecule has 2 fully saturated rings. The molecule has 7 heteroatoms. The molecule has 0 spiro atoms. The summed E-state index contributed by atoms with van der Waals surface area (Å²) in [4.78, 5) is 2.26. The number of benzene rings is 1. The van der Waals surface area contributed by atoms with Crippen LogP contribution in [0.3, 0.4) is 0 Å². The predicted molar refractivity (Wildman–Crippen MR) is 113 cm³/mol. The lowest BCUT2D eigenvalue weighted by Gasteiger charge is -2.36. The fourth-order valence-electron chi connectivity index (χ4n) is 4.69. The van der Waals surface area contributed by atoms with Crippen molar-refractivity contribution in [2.45, 2.75) is 43.8 Å². The molecule has 2 aliphatic heterocycles. The van der Waals surface area contributed by atoms with E-state index < -0.39 is 0 Å². The van der Waals surface area contributed by atoms with E-state index >= 15 is 0 Å². The number of nitrogens with zero attached hydrogens (tertiary/aromatic N) is 5. The molecule has 2 bridgehead atoms. The number of piperidine rings is 1. The first-order chi connectivity index (χ1) is 14.1. The molecule has 2 aromatic heterocycles. The summed E-state index contributed by atoms with van der Waals surface area (Å²) in [5.74, 6) is 1.07. The van der Waals surface area contributed by atoms with Crippen molar-refractivity contribution in [1.29, 1.82) is 0 Å². The van der Waals surface area contributed by atoms with E-state index in [9.17, 15) is 5.11 Å². The standard InChI is InChI=1S/C22H26N6O/c1-27-13-15(12-23-27)14-3-6-19(21(29)9-14)20-7-8-22(26-25-20)28(2)18-10-16-4-5-17(11-18)24-16/h3,6-9,12-13,16-18,24,29H,4-5,10-11H2,1-2H3/t16-,17?,18-/m0/s1. The van der Waals surface area contributed by atoms with Gasteiger partial charge in [-0.2, -0.15) is 5.10 Å². The van der Waals surface area contributed by atoms with Crippen LogP contribution in [0.5, 0.6) is 5.75 Å². The Balaban J connectivity index is 1.34. The molecular formula is C22H26N6O. The van der Waals surface area contributed by atoms with Gasteiger partial charge in [-0.3, -0.25) is 4.68 Å².